The van der Waals surface area contributed by atoms with Crippen LogP contribution < -0.4 is 9.64 Å². The molecule has 1 aliphatic rings. The molecule has 1 fully saturated rings. The Hall–Kier alpha value is -1.43. The van der Waals surface area contributed by atoms with Gasteiger partial charge in [0.05, 0.1) is 6.10 Å². The van der Waals surface area contributed by atoms with Crippen molar-refractivity contribution in [3.05, 3.63) is 24.3 Å². The summed E-state index contributed by atoms with van der Waals surface area (Å²) in [6.45, 7) is 3.40. The van der Waals surface area contributed by atoms with E-state index in [4.69, 9.17) is 0 Å². The summed E-state index contributed by atoms with van der Waals surface area (Å²) in [6.07, 6.45) is -3.19. The molecule has 0 saturated carbocycles. The number of rotatable bonds is 3. The summed E-state index contributed by atoms with van der Waals surface area (Å²) in [4.78, 5) is 2.11. The highest BCUT2D eigenvalue weighted by molar-refractivity contribution is 5.49. The van der Waals surface area contributed by atoms with E-state index in [2.05, 4.69) is 9.64 Å². The predicted molar refractivity (Wildman–Crippen MR) is 69.7 cm³/mol. The number of benzene rings is 1. The highest BCUT2D eigenvalue weighted by Gasteiger charge is 2.31. The summed E-state index contributed by atoms with van der Waals surface area (Å²) in [5.74, 6) is 0.0965. The van der Waals surface area contributed by atoms with E-state index in [9.17, 15) is 18.3 Å². The zero-order valence-corrected chi connectivity index (χ0v) is 11.2. The van der Waals surface area contributed by atoms with Crippen LogP contribution >= 0.6 is 0 Å². The molecule has 0 spiro atoms. The Labute approximate surface area is 116 Å². The zero-order chi connectivity index (χ0) is 14.8. The number of anilines is 1. The number of alkyl halides is 3. The van der Waals surface area contributed by atoms with E-state index in [1.54, 1.807) is 19.1 Å². The monoisotopic (exact) mass is 289 g/mol. The quantitative estimate of drug-likeness (QED) is 0.927. The van der Waals surface area contributed by atoms with E-state index < -0.39 is 6.36 Å². The minimum Gasteiger partial charge on any atom is -0.406 e. The number of aliphatic hydroxyl groups is 1. The normalized spacial score (nSPS) is 18.9. The molecule has 1 N–H and O–H groups in total. The van der Waals surface area contributed by atoms with Gasteiger partial charge in [0.15, 0.2) is 0 Å². The van der Waals surface area contributed by atoms with Gasteiger partial charge in [-0.2, -0.15) is 0 Å². The van der Waals surface area contributed by atoms with Crippen LogP contribution in [0.4, 0.5) is 18.9 Å². The molecule has 3 nitrogen and oxygen atoms in total. The first kappa shape index (κ1) is 15.0. The summed E-state index contributed by atoms with van der Waals surface area (Å²) in [7, 11) is 0. The van der Waals surface area contributed by atoms with Gasteiger partial charge in [0.25, 0.3) is 0 Å². The van der Waals surface area contributed by atoms with Gasteiger partial charge in [-0.1, -0.05) is 0 Å². The molecule has 20 heavy (non-hydrogen) atoms. The van der Waals surface area contributed by atoms with Crippen molar-refractivity contribution in [2.45, 2.75) is 32.2 Å². The van der Waals surface area contributed by atoms with Crippen LogP contribution in [0, 0.1) is 5.92 Å². The van der Waals surface area contributed by atoms with Crippen LogP contribution in [-0.4, -0.2) is 30.7 Å². The van der Waals surface area contributed by atoms with Crippen LogP contribution in [0.25, 0.3) is 0 Å². The molecule has 6 heteroatoms. The minimum absolute atomic E-state index is 0.208. The molecule has 1 aromatic rings. The zero-order valence-electron chi connectivity index (χ0n) is 11.2. The van der Waals surface area contributed by atoms with Crippen molar-refractivity contribution in [2.24, 2.45) is 5.92 Å². The molecule has 0 unspecified atom stereocenters. The van der Waals surface area contributed by atoms with Crippen molar-refractivity contribution >= 4 is 5.69 Å². The van der Waals surface area contributed by atoms with Crippen molar-refractivity contribution in [3.8, 4) is 5.75 Å². The largest absolute Gasteiger partial charge is 0.573 e. The highest BCUT2D eigenvalue weighted by Crippen LogP contribution is 2.28. The van der Waals surface area contributed by atoms with E-state index in [1.165, 1.54) is 12.1 Å². The van der Waals surface area contributed by atoms with Gasteiger partial charge in [-0.3, -0.25) is 0 Å². The molecule has 0 aliphatic carbocycles. The van der Waals surface area contributed by atoms with Crippen LogP contribution in [0.1, 0.15) is 19.8 Å². The number of piperidine rings is 1. The lowest BCUT2D eigenvalue weighted by molar-refractivity contribution is -0.274. The van der Waals surface area contributed by atoms with Crippen molar-refractivity contribution in [1.29, 1.82) is 0 Å². The molecule has 0 aromatic heterocycles. The molecule has 112 valence electrons. The maximum Gasteiger partial charge on any atom is 0.573 e. The summed E-state index contributed by atoms with van der Waals surface area (Å²) in [6, 6.07) is 5.90. The second kappa shape index (κ2) is 5.91. The standard InChI is InChI=1S/C14H18F3NO2/c1-10(19)11-6-8-18(9-7-11)12-2-4-13(5-3-12)20-14(15,16)17/h2-5,10-11,19H,6-9H2,1H3/t10-/m1/s1. The second-order valence-corrected chi connectivity index (χ2v) is 5.11. The highest BCUT2D eigenvalue weighted by atomic mass is 19.4. The van der Waals surface area contributed by atoms with E-state index in [0.29, 0.717) is 5.92 Å². The first-order valence-electron chi connectivity index (χ1n) is 6.64. The van der Waals surface area contributed by atoms with Crippen molar-refractivity contribution < 1.29 is 23.0 Å². The molecule has 1 aromatic carbocycles. The van der Waals surface area contributed by atoms with E-state index in [-0.39, 0.29) is 11.9 Å². The van der Waals surface area contributed by atoms with Crippen molar-refractivity contribution in [3.63, 3.8) is 0 Å². The Morgan fingerprint density at radius 2 is 1.75 bits per heavy atom. The Bertz CT molecular complexity index is 423. The van der Waals surface area contributed by atoms with Crippen LogP contribution in [0.15, 0.2) is 24.3 Å². The van der Waals surface area contributed by atoms with Gasteiger partial charge in [0.2, 0.25) is 0 Å². The molecule has 0 bridgehead atoms. The van der Waals surface area contributed by atoms with Crippen molar-refractivity contribution in [2.75, 3.05) is 18.0 Å². The fraction of sp³-hybridized carbons (Fsp3) is 0.571. The predicted octanol–water partition coefficient (Wildman–Crippen LogP) is 3.18. The van der Waals surface area contributed by atoms with Crippen molar-refractivity contribution in [1.82, 2.24) is 0 Å². The Balaban J connectivity index is 1.94. The van der Waals surface area contributed by atoms with Gasteiger partial charge < -0.3 is 14.7 Å². The number of halogens is 3. The average Bonchev–Trinajstić information content (AvgIpc) is 2.38. The van der Waals surface area contributed by atoms with Gasteiger partial charge in [-0.25, -0.2) is 0 Å². The third-order valence-corrected chi connectivity index (χ3v) is 3.66. The number of aliphatic hydroxyl groups excluding tert-OH is 1. The Kier molecular flexibility index (Phi) is 4.42. The topological polar surface area (TPSA) is 32.7 Å². The lowest BCUT2D eigenvalue weighted by Gasteiger charge is -2.34. The smallest absolute Gasteiger partial charge is 0.406 e. The number of hydrogen-bond donors (Lipinski definition) is 1. The maximum atomic E-state index is 12.1. The van der Waals surface area contributed by atoms with Gasteiger partial charge in [0.1, 0.15) is 5.75 Å². The summed E-state index contributed by atoms with van der Waals surface area (Å²) < 4.78 is 40.0. The number of hydrogen-bond acceptors (Lipinski definition) is 3. The van der Waals surface area contributed by atoms with E-state index in [0.717, 1.165) is 31.6 Å². The first-order chi connectivity index (χ1) is 9.35. The average molecular weight is 289 g/mol. The van der Waals surface area contributed by atoms with Gasteiger partial charge in [-0.15, -0.1) is 13.2 Å². The van der Waals surface area contributed by atoms with E-state index >= 15 is 0 Å². The Morgan fingerprint density at radius 3 is 2.20 bits per heavy atom. The number of nitrogens with zero attached hydrogens (tertiary/aromatic N) is 1. The summed E-state index contributed by atoms with van der Waals surface area (Å²) in [5.41, 5.74) is 0.878. The number of ether oxygens (including phenoxy) is 1. The fourth-order valence-corrected chi connectivity index (χ4v) is 2.50. The van der Waals surface area contributed by atoms with Crippen LogP contribution in [0.3, 0.4) is 0 Å². The minimum atomic E-state index is -4.66. The molecule has 0 radical (unpaired) electrons. The van der Waals surface area contributed by atoms with Crippen LogP contribution in [0.2, 0.25) is 0 Å². The molecule has 2 rings (SSSR count). The van der Waals surface area contributed by atoms with Gasteiger partial charge >= 0.3 is 6.36 Å². The third kappa shape index (κ3) is 4.03. The molecule has 0 amide bonds. The summed E-state index contributed by atoms with van der Waals surface area (Å²) in [5, 5.41) is 9.54. The molecule has 1 atom stereocenters. The fourth-order valence-electron chi connectivity index (χ4n) is 2.50. The molecule has 1 saturated heterocycles. The van der Waals surface area contributed by atoms with Crippen LogP contribution in [0.5, 0.6) is 5.75 Å². The first-order valence-corrected chi connectivity index (χ1v) is 6.64. The Morgan fingerprint density at radius 1 is 1.20 bits per heavy atom. The lowest BCUT2D eigenvalue weighted by atomic mass is 9.92. The maximum absolute atomic E-state index is 12.1. The molecule has 1 aliphatic heterocycles. The molecular formula is C14H18F3NO2. The summed E-state index contributed by atoms with van der Waals surface area (Å²) >= 11 is 0. The lowest BCUT2D eigenvalue weighted by Crippen LogP contribution is -2.36. The van der Waals surface area contributed by atoms with Crippen LogP contribution in [-0.2, 0) is 0 Å². The SMILES string of the molecule is C[C@@H](O)C1CCN(c2ccc(OC(F)(F)F)cc2)CC1. The second-order valence-electron chi connectivity index (χ2n) is 5.11. The molecule has 1 heterocycles. The van der Waals surface area contributed by atoms with Gasteiger partial charge in [0, 0.05) is 18.8 Å². The molecular weight excluding hydrogens is 271 g/mol. The third-order valence-electron chi connectivity index (χ3n) is 3.66. The van der Waals surface area contributed by atoms with Gasteiger partial charge in [-0.05, 0) is 49.9 Å². The van der Waals surface area contributed by atoms with E-state index in [1.807, 2.05) is 0 Å².